The highest BCUT2D eigenvalue weighted by molar-refractivity contribution is 5.66. The van der Waals surface area contributed by atoms with Crippen LogP contribution in [-0.4, -0.2) is 30.6 Å². The fourth-order valence-electron chi connectivity index (χ4n) is 2.77. The minimum Gasteiger partial charge on any atom is -0.459 e. The Kier molecular flexibility index (Phi) is 4.40. The molecule has 1 aliphatic carbocycles. The molecule has 2 atom stereocenters. The highest BCUT2D eigenvalue weighted by Crippen LogP contribution is 2.39. The zero-order valence-electron chi connectivity index (χ0n) is 11.0. The summed E-state index contributed by atoms with van der Waals surface area (Å²) in [5.41, 5.74) is 0. The molecule has 0 amide bonds. The molecule has 0 aromatic carbocycles. The predicted octanol–water partition coefficient (Wildman–Crippen LogP) is 2.57. The highest BCUT2D eigenvalue weighted by Gasteiger charge is 2.45. The molecule has 2 aliphatic rings. The summed E-state index contributed by atoms with van der Waals surface area (Å²) in [6.45, 7) is 5.62. The van der Waals surface area contributed by atoms with Gasteiger partial charge in [-0.25, -0.2) is 0 Å². The molecular formula is C14H22O4. The lowest BCUT2D eigenvalue weighted by Gasteiger charge is -2.32. The van der Waals surface area contributed by atoms with Gasteiger partial charge in [-0.1, -0.05) is 12.5 Å². The summed E-state index contributed by atoms with van der Waals surface area (Å²) in [6.07, 6.45) is 7.35. The maximum absolute atomic E-state index is 11.1. The number of hydrogen-bond acceptors (Lipinski definition) is 4. The van der Waals surface area contributed by atoms with Gasteiger partial charge in [-0.2, -0.15) is 0 Å². The Hall–Kier alpha value is -0.870. The molecule has 1 spiro atoms. The van der Waals surface area contributed by atoms with Crippen LogP contribution in [0.2, 0.25) is 0 Å². The first-order valence-corrected chi connectivity index (χ1v) is 6.75. The van der Waals surface area contributed by atoms with Crippen LogP contribution in [0.4, 0.5) is 0 Å². The molecule has 4 nitrogen and oxygen atoms in total. The van der Waals surface area contributed by atoms with Gasteiger partial charge in [-0.05, 0) is 12.8 Å². The van der Waals surface area contributed by atoms with E-state index in [1.807, 2.05) is 0 Å². The molecule has 102 valence electrons. The standard InChI is InChI=1S/C14H22O4/c1-3-7-12(17-11(2)15)13-10-16-14(18-13)8-5-4-6-9-14/h3,12-13H,1,4-10H2,2H3/t12-,13+/m0/s1. The van der Waals surface area contributed by atoms with Crippen molar-refractivity contribution in [2.75, 3.05) is 6.61 Å². The van der Waals surface area contributed by atoms with Crippen LogP contribution in [0.25, 0.3) is 0 Å². The third kappa shape index (κ3) is 3.12. The van der Waals surface area contributed by atoms with Crippen LogP contribution < -0.4 is 0 Å². The van der Waals surface area contributed by atoms with E-state index in [9.17, 15) is 4.79 Å². The summed E-state index contributed by atoms with van der Waals surface area (Å²) < 4.78 is 17.2. The van der Waals surface area contributed by atoms with Gasteiger partial charge >= 0.3 is 5.97 Å². The minimum absolute atomic E-state index is 0.162. The Morgan fingerprint density at radius 3 is 2.83 bits per heavy atom. The summed E-state index contributed by atoms with van der Waals surface area (Å²) in [6, 6.07) is 0. The Morgan fingerprint density at radius 1 is 1.50 bits per heavy atom. The van der Waals surface area contributed by atoms with E-state index in [1.165, 1.54) is 13.3 Å². The van der Waals surface area contributed by atoms with Crippen LogP contribution in [0, 0.1) is 0 Å². The molecule has 1 heterocycles. The average molecular weight is 254 g/mol. The topological polar surface area (TPSA) is 44.8 Å². The molecule has 2 fully saturated rings. The molecule has 0 unspecified atom stereocenters. The first-order valence-electron chi connectivity index (χ1n) is 6.75. The van der Waals surface area contributed by atoms with Crippen molar-refractivity contribution in [3.8, 4) is 0 Å². The number of hydrogen-bond donors (Lipinski definition) is 0. The fraction of sp³-hybridized carbons (Fsp3) is 0.786. The predicted molar refractivity (Wildman–Crippen MR) is 67.0 cm³/mol. The minimum atomic E-state index is -0.414. The van der Waals surface area contributed by atoms with Gasteiger partial charge in [0.1, 0.15) is 12.2 Å². The number of ether oxygens (including phenoxy) is 3. The Labute approximate surface area is 108 Å². The lowest BCUT2D eigenvalue weighted by molar-refractivity contribution is -0.199. The van der Waals surface area contributed by atoms with Crippen molar-refractivity contribution in [3.05, 3.63) is 12.7 Å². The van der Waals surface area contributed by atoms with E-state index in [1.54, 1.807) is 6.08 Å². The van der Waals surface area contributed by atoms with Crippen LogP contribution in [0.1, 0.15) is 45.4 Å². The summed E-state index contributed by atoms with van der Waals surface area (Å²) in [5.74, 6) is -0.697. The Balaban J connectivity index is 1.95. The molecule has 0 N–H and O–H groups in total. The largest absolute Gasteiger partial charge is 0.459 e. The lowest BCUT2D eigenvalue weighted by Crippen LogP contribution is -2.37. The molecule has 1 saturated heterocycles. The van der Waals surface area contributed by atoms with Gasteiger partial charge in [-0.3, -0.25) is 4.79 Å². The number of carbonyl (C=O) groups excluding carboxylic acids is 1. The van der Waals surface area contributed by atoms with Crippen LogP contribution in [-0.2, 0) is 19.0 Å². The van der Waals surface area contributed by atoms with Crippen molar-refractivity contribution in [2.24, 2.45) is 0 Å². The second-order valence-electron chi connectivity index (χ2n) is 5.11. The van der Waals surface area contributed by atoms with Gasteiger partial charge in [0.25, 0.3) is 0 Å². The normalized spacial score (nSPS) is 27.9. The van der Waals surface area contributed by atoms with Crippen molar-refractivity contribution in [1.29, 1.82) is 0 Å². The smallest absolute Gasteiger partial charge is 0.303 e. The molecule has 1 saturated carbocycles. The summed E-state index contributed by atoms with van der Waals surface area (Å²) in [4.78, 5) is 11.1. The number of esters is 1. The highest BCUT2D eigenvalue weighted by atomic mass is 16.8. The van der Waals surface area contributed by atoms with E-state index in [0.717, 1.165) is 25.7 Å². The summed E-state index contributed by atoms with van der Waals surface area (Å²) >= 11 is 0. The molecule has 0 radical (unpaired) electrons. The van der Waals surface area contributed by atoms with Gasteiger partial charge in [-0.15, -0.1) is 6.58 Å². The van der Waals surface area contributed by atoms with Crippen LogP contribution >= 0.6 is 0 Å². The maximum Gasteiger partial charge on any atom is 0.303 e. The first-order chi connectivity index (χ1) is 8.65. The number of rotatable bonds is 4. The maximum atomic E-state index is 11.1. The van der Waals surface area contributed by atoms with Gasteiger partial charge in [0.05, 0.1) is 6.61 Å². The monoisotopic (exact) mass is 254 g/mol. The van der Waals surface area contributed by atoms with Crippen molar-refractivity contribution < 1.29 is 19.0 Å². The summed E-state index contributed by atoms with van der Waals surface area (Å²) in [5, 5.41) is 0. The van der Waals surface area contributed by atoms with E-state index < -0.39 is 5.79 Å². The van der Waals surface area contributed by atoms with Crippen molar-refractivity contribution in [2.45, 2.75) is 63.4 Å². The summed E-state index contributed by atoms with van der Waals surface area (Å²) in [7, 11) is 0. The van der Waals surface area contributed by atoms with Crippen LogP contribution in [0.3, 0.4) is 0 Å². The first kappa shape index (κ1) is 13.6. The fourth-order valence-corrected chi connectivity index (χ4v) is 2.77. The van der Waals surface area contributed by atoms with Gasteiger partial charge in [0.15, 0.2) is 5.79 Å². The molecular weight excluding hydrogens is 232 g/mol. The molecule has 0 aromatic rings. The van der Waals surface area contributed by atoms with Gasteiger partial charge < -0.3 is 14.2 Å². The van der Waals surface area contributed by atoms with E-state index in [4.69, 9.17) is 14.2 Å². The van der Waals surface area contributed by atoms with E-state index in [-0.39, 0.29) is 18.2 Å². The molecule has 1 aliphatic heterocycles. The molecule has 18 heavy (non-hydrogen) atoms. The molecule has 0 bridgehead atoms. The average Bonchev–Trinajstić information content (AvgIpc) is 2.73. The quantitative estimate of drug-likeness (QED) is 0.571. The van der Waals surface area contributed by atoms with Crippen LogP contribution in [0.15, 0.2) is 12.7 Å². The third-order valence-corrected chi connectivity index (χ3v) is 3.62. The van der Waals surface area contributed by atoms with Crippen molar-refractivity contribution in [1.82, 2.24) is 0 Å². The van der Waals surface area contributed by atoms with Crippen molar-refractivity contribution >= 4 is 5.97 Å². The van der Waals surface area contributed by atoms with E-state index >= 15 is 0 Å². The van der Waals surface area contributed by atoms with Gasteiger partial charge in [0.2, 0.25) is 0 Å². The third-order valence-electron chi connectivity index (χ3n) is 3.62. The Bertz CT molecular complexity index is 307. The zero-order chi connectivity index (χ0) is 13.0. The molecule has 0 aromatic heterocycles. The number of carbonyl (C=O) groups is 1. The lowest BCUT2D eigenvalue weighted by atomic mass is 9.94. The second-order valence-corrected chi connectivity index (χ2v) is 5.11. The molecule has 2 rings (SSSR count). The second kappa shape index (κ2) is 5.85. The molecule has 4 heteroatoms. The van der Waals surface area contributed by atoms with Gasteiger partial charge in [0, 0.05) is 26.2 Å². The van der Waals surface area contributed by atoms with E-state index in [0.29, 0.717) is 13.0 Å². The van der Waals surface area contributed by atoms with Crippen molar-refractivity contribution in [3.63, 3.8) is 0 Å². The zero-order valence-corrected chi connectivity index (χ0v) is 11.0. The van der Waals surface area contributed by atoms with Crippen LogP contribution in [0.5, 0.6) is 0 Å². The Morgan fingerprint density at radius 2 is 2.22 bits per heavy atom. The SMILES string of the molecule is C=CC[C@H](OC(C)=O)[C@H]1COC2(CCCCC2)O1. The van der Waals surface area contributed by atoms with E-state index in [2.05, 4.69) is 6.58 Å².